The van der Waals surface area contributed by atoms with Gasteiger partial charge in [-0.15, -0.1) is 0 Å². The van der Waals surface area contributed by atoms with Crippen molar-refractivity contribution in [3.05, 3.63) is 24.3 Å². The van der Waals surface area contributed by atoms with Gasteiger partial charge in [0.05, 0.1) is 6.10 Å². The number of hydrogen-bond acceptors (Lipinski definition) is 3. The van der Waals surface area contributed by atoms with Crippen LogP contribution < -0.4 is 15.4 Å². The molecular weight excluding hydrogens is 284 g/mol. The average molecular weight is 308 g/mol. The molecule has 1 atom stereocenters. The normalized spacial score (nSPS) is 12.4. The Hall–Kier alpha value is -1.62. The van der Waals surface area contributed by atoms with Crippen LogP contribution in [0.4, 0.5) is 5.69 Å². The lowest BCUT2D eigenvalue weighted by Crippen LogP contribution is -2.41. The minimum atomic E-state index is -0.472. The number of anilines is 1. The summed E-state index contributed by atoms with van der Waals surface area (Å²) in [6, 6.07) is 7.49. The number of hydrogen-bond donors (Lipinski definition) is 2. The first-order valence-electron chi connectivity index (χ1n) is 7.11. The van der Waals surface area contributed by atoms with E-state index in [2.05, 4.69) is 17.6 Å². The highest BCUT2D eigenvalue weighted by molar-refractivity contribution is 7.80. The van der Waals surface area contributed by atoms with Crippen molar-refractivity contribution in [2.24, 2.45) is 5.41 Å². The Morgan fingerprint density at radius 1 is 1.29 bits per heavy atom. The number of nitrogens with one attached hydrogen (secondary N) is 2. The van der Waals surface area contributed by atoms with Crippen molar-refractivity contribution in [1.29, 1.82) is 0 Å². The SMILES string of the molecule is CCC(C)Oc1ccc(NC(=S)NC(=O)C(C)(C)C)cc1. The van der Waals surface area contributed by atoms with Gasteiger partial charge in [0.15, 0.2) is 5.11 Å². The lowest BCUT2D eigenvalue weighted by atomic mass is 9.96. The molecule has 0 aromatic heterocycles. The number of carbonyl (C=O) groups is 1. The Bertz CT molecular complexity index is 492. The summed E-state index contributed by atoms with van der Waals surface area (Å²) in [5, 5.41) is 5.95. The number of benzene rings is 1. The Kier molecular flexibility index (Phi) is 6.15. The second-order valence-corrected chi connectivity index (χ2v) is 6.43. The van der Waals surface area contributed by atoms with Crippen molar-refractivity contribution in [2.75, 3.05) is 5.32 Å². The van der Waals surface area contributed by atoms with Crippen molar-refractivity contribution < 1.29 is 9.53 Å². The Balaban J connectivity index is 2.56. The average Bonchev–Trinajstić information content (AvgIpc) is 2.39. The smallest absolute Gasteiger partial charge is 0.231 e. The van der Waals surface area contributed by atoms with Crippen LogP contribution in [0.1, 0.15) is 41.0 Å². The lowest BCUT2D eigenvalue weighted by Gasteiger charge is -2.18. The number of ether oxygens (including phenoxy) is 1. The fraction of sp³-hybridized carbons (Fsp3) is 0.500. The van der Waals surface area contributed by atoms with Gasteiger partial charge in [-0.25, -0.2) is 0 Å². The number of rotatable bonds is 4. The molecule has 0 aliphatic rings. The van der Waals surface area contributed by atoms with E-state index in [1.54, 1.807) is 0 Å². The molecule has 1 aromatic rings. The van der Waals surface area contributed by atoms with Crippen LogP contribution in [0.2, 0.25) is 0 Å². The summed E-state index contributed by atoms with van der Waals surface area (Å²) < 4.78 is 5.70. The van der Waals surface area contributed by atoms with E-state index in [1.807, 2.05) is 52.0 Å². The molecule has 0 saturated heterocycles. The maximum absolute atomic E-state index is 11.8. The fourth-order valence-electron chi connectivity index (χ4n) is 1.39. The Labute approximate surface area is 132 Å². The standard InChI is InChI=1S/C16H24N2O2S/c1-6-11(2)20-13-9-7-12(8-10-13)17-15(21)18-14(19)16(3,4)5/h7-11H,6H2,1-5H3,(H2,17,18,19,21). The highest BCUT2D eigenvalue weighted by Crippen LogP contribution is 2.18. The molecule has 0 aliphatic carbocycles. The molecular formula is C16H24N2O2S. The summed E-state index contributed by atoms with van der Waals surface area (Å²) in [5.41, 5.74) is 0.338. The van der Waals surface area contributed by atoms with Gasteiger partial charge < -0.3 is 15.4 Å². The summed E-state index contributed by atoms with van der Waals surface area (Å²) in [7, 11) is 0. The monoisotopic (exact) mass is 308 g/mol. The molecule has 0 fully saturated rings. The summed E-state index contributed by atoms with van der Waals surface area (Å²) in [6.07, 6.45) is 1.15. The van der Waals surface area contributed by atoms with Gasteiger partial charge in [0.2, 0.25) is 5.91 Å². The molecule has 0 heterocycles. The zero-order chi connectivity index (χ0) is 16.0. The van der Waals surface area contributed by atoms with Crippen molar-refractivity contribution in [3.63, 3.8) is 0 Å². The van der Waals surface area contributed by atoms with Crippen LogP contribution in [0.25, 0.3) is 0 Å². The van der Waals surface area contributed by atoms with Gasteiger partial charge in [-0.05, 0) is 49.8 Å². The third-order valence-electron chi connectivity index (χ3n) is 2.93. The second kappa shape index (κ2) is 7.41. The second-order valence-electron chi connectivity index (χ2n) is 6.02. The molecule has 2 N–H and O–H groups in total. The molecule has 21 heavy (non-hydrogen) atoms. The number of amides is 1. The maximum atomic E-state index is 11.8. The molecule has 1 aromatic carbocycles. The van der Waals surface area contributed by atoms with Crippen LogP contribution in [0.5, 0.6) is 5.75 Å². The minimum absolute atomic E-state index is 0.114. The van der Waals surface area contributed by atoms with E-state index < -0.39 is 5.41 Å². The largest absolute Gasteiger partial charge is 0.491 e. The highest BCUT2D eigenvalue weighted by Gasteiger charge is 2.21. The summed E-state index contributed by atoms with van der Waals surface area (Å²) >= 11 is 5.13. The van der Waals surface area contributed by atoms with Crippen LogP contribution in [0.15, 0.2) is 24.3 Å². The minimum Gasteiger partial charge on any atom is -0.491 e. The van der Waals surface area contributed by atoms with E-state index in [1.165, 1.54) is 0 Å². The van der Waals surface area contributed by atoms with Crippen molar-refractivity contribution >= 4 is 28.9 Å². The molecule has 0 radical (unpaired) electrons. The first kappa shape index (κ1) is 17.4. The third kappa shape index (κ3) is 6.12. The molecule has 0 aliphatic heterocycles. The predicted octanol–water partition coefficient (Wildman–Crippen LogP) is 3.72. The molecule has 1 unspecified atom stereocenters. The van der Waals surface area contributed by atoms with Crippen molar-refractivity contribution in [1.82, 2.24) is 5.32 Å². The molecule has 1 rings (SSSR count). The van der Waals surface area contributed by atoms with Gasteiger partial charge in [0.25, 0.3) is 0 Å². The van der Waals surface area contributed by atoms with Gasteiger partial charge in [0.1, 0.15) is 5.75 Å². The number of thiocarbonyl (C=S) groups is 1. The van der Waals surface area contributed by atoms with E-state index in [0.717, 1.165) is 17.9 Å². The molecule has 0 spiro atoms. The van der Waals surface area contributed by atoms with Crippen LogP contribution in [0.3, 0.4) is 0 Å². The van der Waals surface area contributed by atoms with Crippen molar-refractivity contribution in [2.45, 2.75) is 47.1 Å². The lowest BCUT2D eigenvalue weighted by molar-refractivity contribution is -0.126. The van der Waals surface area contributed by atoms with Gasteiger partial charge >= 0.3 is 0 Å². The molecule has 4 nitrogen and oxygen atoms in total. The first-order valence-corrected chi connectivity index (χ1v) is 7.52. The molecule has 0 bridgehead atoms. The van der Waals surface area contributed by atoms with Crippen LogP contribution in [-0.2, 0) is 4.79 Å². The van der Waals surface area contributed by atoms with Crippen LogP contribution >= 0.6 is 12.2 Å². The van der Waals surface area contributed by atoms with Gasteiger partial charge in [-0.1, -0.05) is 27.7 Å². The van der Waals surface area contributed by atoms with Gasteiger partial charge in [-0.2, -0.15) is 0 Å². The maximum Gasteiger partial charge on any atom is 0.231 e. The molecule has 0 saturated carbocycles. The summed E-state index contributed by atoms with van der Waals surface area (Å²) in [4.78, 5) is 11.8. The van der Waals surface area contributed by atoms with Crippen molar-refractivity contribution in [3.8, 4) is 5.75 Å². The van der Waals surface area contributed by atoms with Gasteiger partial charge in [-0.3, -0.25) is 4.79 Å². The Morgan fingerprint density at radius 2 is 1.86 bits per heavy atom. The van der Waals surface area contributed by atoms with E-state index in [9.17, 15) is 4.79 Å². The Morgan fingerprint density at radius 3 is 2.33 bits per heavy atom. The quantitative estimate of drug-likeness (QED) is 0.832. The fourth-order valence-corrected chi connectivity index (χ4v) is 1.60. The molecule has 1 amide bonds. The highest BCUT2D eigenvalue weighted by atomic mass is 32.1. The zero-order valence-corrected chi connectivity index (χ0v) is 14.1. The predicted molar refractivity (Wildman–Crippen MR) is 90.6 cm³/mol. The summed E-state index contributed by atoms with van der Waals surface area (Å²) in [5.74, 6) is 0.705. The molecule has 116 valence electrons. The topological polar surface area (TPSA) is 50.4 Å². The van der Waals surface area contributed by atoms with Crippen LogP contribution in [0, 0.1) is 5.41 Å². The van der Waals surface area contributed by atoms with E-state index in [0.29, 0.717) is 5.11 Å². The first-order chi connectivity index (χ1) is 9.72. The van der Waals surface area contributed by atoms with Gasteiger partial charge in [0, 0.05) is 11.1 Å². The van der Waals surface area contributed by atoms with Crippen LogP contribution in [-0.4, -0.2) is 17.1 Å². The van der Waals surface area contributed by atoms with E-state index in [4.69, 9.17) is 17.0 Å². The summed E-state index contributed by atoms with van der Waals surface area (Å²) in [6.45, 7) is 9.63. The number of carbonyl (C=O) groups excluding carboxylic acids is 1. The third-order valence-corrected chi connectivity index (χ3v) is 3.14. The van der Waals surface area contributed by atoms with E-state index in [-0.39, 0.29) is 12.0 Å². The zero-order valence-electron chi connectivity index (χ0n) is 13.3. The molecule has 5 heteroatoms. The van der Waals surface area contributed by atoms with E-state index >= 15 is 0 Å².